The van der Waals surface area contributed by atoms with Gasteiger partial charge in [0.05, 0.1) is 6.54 Å². The lowest BCUT2D eigenvalue weighted by molar-refractivity contribution is 0.0781. The number of H-pyrrole nitrogens is 1. The molecule has 20 heavy (non-hydrogen) atoms. The van der Waals surface area contributed by atoms with Crippen LogP contribution >= 0.6 is 11.6 Å². The summed E-state index contributed by atoms with van der Waals surface area (Å²) in [4.78, 5) is 22.1. The molecule has 0 aromatic carbocycles. The van der Waals surface area contributed by atoms with Gasteiger partial charge in [0.15, 0.2) is 0 Å². The zero-order valence-corrected chi connectivity index (χ0v) is 12.3. The van der Waals surface area contributed by atoms with E-state index in [1.54, 1.807) is 24.1 Å². The van der Waals surface area contributed by atoms with Crippen molar-refractivity contribution in [2.45, 2.75) is 26.3 Å². The van der Waals surface area contributed by atoms with Gasteiger partial charge in [-0.05, 0) is 18.1 Å². The molecule has 6 nitrogen and oxygen atoms in total. The lowest BCUT2D eigenvalue weighted by atomic mass is 10.1. The molecule has 0 bridgehead atoms. The van der Waals surface area contributed by atoms with Crippen LogP contribution in [-0.4, -0.2) is 38.0 Å². The van der Waals surface area contributed by atoms with Crippen LogP contribution in [-0.2, 0) is 6.54 Å². The summed E-state index contributed by atoms with van der Waals surface area (Å²) in [6.07, 6.45) is 1.41. The van der Waals surface area contributed by atoms with E-state index in [0.29, 0.717) is 23.1 Å². The Morgan fingerprint density at radius 2 is 2.20 bits per heavy atom. The fraction of sp³-hybridized carbons (Fsp3) is 0.385. The average Bonchev–Trinajstić information content (AvgIpc) is 2.89. The molecule has 106 valence electrons. The van der Waals surface area contributed by atoms with Gasteiger partial charge in [0, 0.05) is 18.3 Å². The number of aromatic amines is 1. The molecule has 1 amide bonds. The van der Waals surface area contributed by atoms with Gasteiger partial charge in [0.25, 0.3) is 5.91 Å². The quantitative estimate of drug-likeness (QED) is 0.877. The van der Waals surface area contributed by atoms with Gasteiger partial charge >= 0.3 is 0 Å². The Bertz CT molecular complexity index is 597. The highest BCUT2D eigenvalue weighted by Gasteiger charge is 2.16. The summed E-state index contributed by atoms with van der Waals surface area (Å²) in [6, 6.07) is 3.35. The van der Waals surface area contributed by atoms with Gasteiger partial charge in [-0.3, -0.25) is 9.89 Å². The first kappa shape index (κ1) is 14.5. The Morgan fingerprint density at radius 3 is 2.80 bits per heavy atom. The monoisotopic (exact) mass is 293 g/mol. The number of hydrogen-bond acceptors (Lipinski definition) is 4. The molecule has 7 heteroatoms. The Balaban J connectivity index is 2.19. The van der Waals surface area contributed by atoms with Crippen molar-refractivity contribution in [3.05, 3.63) is 40.7 Å². The lowest BCUT2D eigenvalue weighted by Crippen LogP contribution is -2.27. The van der Waals surface area contributed by atoms with Gasteiger partial charge in [-0.2, -0.15) is 5.10 Å². The SMILES string of the molecule is CC(C)c1cc(C(=O)N(C)Cc2ncn[nH]2)cc(Cl)n1. The second-order valence-corrected chi connectivity index (χ2v) is 5.24. The topological polar surface area (TPSA) is 74.8 Å². The Kier molecular flexibility index (Phi) is 4.34. The minimum atomic E-state index is -0.132. The fourth-order valence-electron chi connectivity index (χ4n) is 1.76. The van der Waals surface area contributed by atoms with E-state index >= 15 is 0 Å². The summed E-state index contributed by atoms with van der Waals surface area (Å²) in [6.45, 7) is 4.37. The normalized spacial score (nSPS) is 10.8. The van der Waals surface area contributed by atoms with Gasteiger partial charge in [0.1, 0.15) is 17.3 Å². The van der Waals surface area contributed by atoms with Crippen molar-refractivity contribution in [2.75, 3.05) is 7.05 Å². The number of rotatable bonds is 4. The number of amides is 1. The van der Waals surface area contributed by atoms with Gasteiger partial charge < -0.3 is 4.90 Å². The van der Waals surface area contributed by atoms with Gasteiger partial charge in [-0.1, -0.05) is 25.4 Å². The van der Waals surface area contributed by atoms with Gasteiger partial charge in [-0.25, -0.2) is 9.97 Å². The van der Waals surface area contributed by atoms with Gasteiger partial charge in [-0.15, -0.1) is 0 Å². The van der Waals surface area contributed by atoms with E-state index in [-0.39, 0.29) is 11.8 Å². The summed E-state index contributed by atoms with van der Waals surface area (Å²) in [5.41, 5.74) is 1.32. The van der Waals surface area contributed by atoms with E-state index in [2.05, 4.69) is 20.2 Å². The summed E-state index contributed by atoms with van der Waals surface area (Å²) >= 11 is 5.98. The first-order chi connectivity index (χ1) is 9.47. The van der Waals surface area contributed by atoms with E-state index in [4.69, 9.17) is 11.6 Å². The van der Waals surface area contributed by atoms with Crippen molar-refractivity contribution in [1.82, 2.24) is 25.1 Å². The first-order valence-corrected chi connectivity index (χ1v) is 6.62. The number of pyridine rings is 1. The zero-order chi connectivity index (χ0) is 14.7. The van der Waals surface area contributed by atoms with E-state index in [0.717, 1.165) is 5.69 Å². The molecule has 2 aromatic rings. The van der Waals surface area contributed by atoms with Crippen LogP contribution in [0, 0.1) is 0 Å². The van der Waals surface area contributed by atoms with Crippen molar-refractivity contribution in [2.24, 2.45) is 0 Å². The largest absolute Gasteiger partial charge is 0.334 e. The lowest BCUT2D eigenvalue weighted by Gasteiger charge is -2.16. The number of nitrogens with one attached hydrogen (secondary N) is 1. The molecule has 0 saturated heterocycles. The maximum Gasteiger partial charge on any atom is 0.254 e. The molecule has 0 fully saturated rings. The maximum atomic E-state index is 12.4. The number of nitrogens with zero attached hydrogens (tertiary/aromatic N) is 4. The van der Waals surface area contributed by atoms with Crippen LogP contribution in [0.2, 0.25) is 5.15 Å². The van der Waals surface area contributed by atoms with E-state index in [1.165, 1.54) is 6.33 Å². The highest BCUT2D eigenvalue weighted by molar-refractivity contribution is 6.29. The molecule has 0 unspecified atom stereocenters. The number of carbonyl (C=O) groups excluding carboxylic acids is 1. The van der Waals surface area contributed by atoms with Crippen molar-refractivity contribution < 1.29 is 4.79 Å². The fourth-order valence-corrected chi connectivity index (χ4v) is 1.98. The molecule has 1 N–H and O–H groups in total. The third-order valence-corrected chi connectivity index (χ3v) is 3.04. The number of aromatic nitrogens is 4. The van der Waals surface area contributed by atoms with E-state index in [9.17, 15) is 4.79 Å². The molecule has 2 rings (SSSR count). The summed E-state index contributed by atoms with van der Waals surface area (Å²) < 4.78 is 0. The van der Waals surface area contributed by atoms with E-state index in [1.807, 2.05) is 13.8 Å². The molecule has 0 saturated carbocycles. The molecule has 0 aliphatic carbocycles. The molecule has 0 aliphatic heterocycles. The van der Waals surface area contributed by atoms with Crippen LogP contribution in [0.25, 0.3) is 0 Å². The molecule has 0 radical (unpaired) electrons. The minimum Gasteiger partial charge on any atom is -0.334 e. The van der Waals surface area contributed by atoms with Crippen LogP contribution in [0.1, 0.15) is 41.6 Å². The van der Waals surface area contributed by atoms with Crippen LogP contribution in [0.3, 0.4) is 0 Å². The summed E-state index contributed by atoms with van der Waals surface area (Å²) in [7, 11) is 1.70. The van der Waals surface area contributed by atoms with Crippen molar-refractivity contribution in [1.29, 1.82) is 0 Å². The predicted octanol–water partition coefficient (Wildman–Crippen LogP) is 2.25. The minimum absolute atomic E-state index is 0.132. The first-order valence-electron chi connectivity index (χ1n) is 6.24. The molecule has 0 spiro atoms. The third kappa shape index (κ3) is 3.33. The van der Waals surface area contributed by atoms with Crippen molar-refractivity contribution >= 4 is 17.5 Å². The molecule has 2 aromatic heterocycles. The standard InChI is InChI=1S/C13H16ClN5O/c1-8(2)10-4-9(5-11(14)17-10)13(20)19(3)6-12-15-7-16-18-12/h4-5,7-8H,6H2,1-3H3,(H,15,16,18). The molecular formula is C13H16ClN5O. The summed E-state index contributed by atoms with van der Waals surface area (Å²) in [5, 5.41) is 6.80. The van der Waals surface area contributed by atoms with Crippen LogP contribution in [0.4, 0.5) is 0 Å². The molecule has 0 atom stereocenters. The number of carbonyl (C=O) groups is 1. The highest BCUT2D eigenvalue weighted by Crippen LogP contribution is 2.18. The van der Waals surface area contributed by atoms with Crippen LogP contribution in [0.5, 0.6) is 0 Å². The smallest absolute Gasteiger partial charge is 0.254 e. The Morgan fingerprint density at radius 1 is 1.45 bits per heavy atom. The maximum absolute atomic E-state index is 12.4. The zero-order valence-electron chi connectivity index (χ0n) is 11.6. The van der Waals surface area contributed by atoms with Crippen LogP contribution < -0.4 is 0 Å². The van der Waals surface area contributed by atoms with Crippen molar-refractivity contribution in [3.63, 3.8) is 0 Å². The Labute approximate surface area is 122 Å². The molecule has 2 heterocycles. The number of hydrogen-bond donors (Lipinski definition) is 1. The van der Waals surface area contributed by atoms with Crippen molar-refractivity contribution in [3.8, 4) is 0 Å². The predicted molar refractivity (Wildman–Crippen MR) is 75.5 cm³/mol. The Hall–Kier alpha value is -1.95. The van der Waals surface area contributed by atoms with E-state index < -0.39 is 0 Å². The average molecular weight is 294 g/mol. The van der Waals surface area contributed by atoms with Crippen LogP contribution in [0.15, 0.2) is 18.5 Å². The summed E-state index contributed by atoms with van der Waals surface area (Å²) in [5.74, 6) is 0.706. The second kappa shape index (κ2) is 6.00. The van der Waals surface area contributed by atoms with Gasteiger partial charge in [0.2, 0.25) is 0 Å². The highest BCUT2D eigenvalue weighted by atomic mass is 35.5. The third-order valence-electron chi connectivity index (χ3n) is 2.85. The number of halogens is 1. The second-order valence-electron chi connectivity index (χ2n) is 4.85. The molecular weight excluding hydrogens is 278 g/mol. The molecule has 0 aliphatic rings.